The third kappa shape index (κ3) is 3.16. The minimum atomic E-state index is -0.653. The first-order valence-corrected chi connectivity index (χ1v) is 10.1. The lowest BCUT2D eigenvalue weighted by Gasteiger charge is -2.37. The lowest BCUT2D eigenvalue weighted by atomic mass is 10.1. The molecule has 0 N–H and O–H groups in total. The molecule has 0 radical (unpaired) electrons. The van der Waals surface area contributed by atoms with E-state index < -0.39 is 6.10 Å². The van der Waals surface area contributed by atoms with Crippen molar-refractivity contribution in [2.45, 2.75) is 6.10 Å². The largest absolute Gasteiger partial charge is 0.485 e. The van der Waals surface area contributed by atoms with Crippen LogP contribution in [0.4, 0.5) is 0 Å². The van der Waals surface area contributed by atoms with E-state index in [2.05, 4.69) is 0 Å². The van der Waals surface area contributed by atoms with Gasteiger partial charge in [-0.1, -0.05) is 30.3 Å². The van der Waals surface area contributed by atoms with Crippen molar-refractivity contribution in [2.75, 3.05) is 32.8 Å². The number of benzene rings is 2. The zero-order valence-corrected chi connectivity index (χ0v) is 16.8. The highest BCUT2D eigenvalue weighted by molar-refractivity contribution is 6.07. The summed E-state index contributed by atoms with van der Waals surface area (Å²) in [6.07, 6.45) is 1.23. The number of aromatic nitrogens is 1. The van der Waals surface area contributed by atoms with Crippen molar-refractivity contribution in [3.63, 3.8) is 0 Å². The standard InChI is InChI=1S/C23H23N3O4/c1-24-14-17(16-6-2-3-7-18(16)24)22(27)25-10-12-26(13-11-25)23(28)21-15-29-19-8-4-5-9-20(19)30-21/h2-9,14,21H,10-13,15H2,1H3/t21-/m0/s1. The van der Waals surface area contributed by atoms with Crippen LogP contribution >= 0.6 is 0 Å². The van der Waals surface area contributed by atoms with E-state index in [4.69, 9.17) is 9.47 Å². The Labute approximate surface area is 174 Å². The van der Waals surface area contributed by atoms with Crippen LogP contribution in [0.15, 0.2) is 54.7 Å². The summed E-state index contributed by atoms with van der Waals surface area (Å²) in [5.41, 5.74) is 1.73. The minimum Gasteiger partial charge on any atom is -0.485 e. The van der Waals surface area contributed by atoms with E-state index in [9.17, 15) is 9.59 Å². The second-order valence-electron chi connectivity index (χ2n) is 7.65. The van der Waals surface area contributed by atoms with Gasteiger partial charge in [-0.3, -0.25) is 9.59 Å². The summed E-state index contributed by atoms with van der Waals surface area (Å²) in [5.74, 6) is 1.16. The molecule has 154 valence electrons. The van der Waals surface area contributed by atoms with Gasteiger partial charge in [-0.05, 0) is 18.2 Å². The van der Waals surface area contributed by atoms with Crippen molar-refractivity contribution in [2.24, 2.45) is 7.05 Å². The first-order chi connectivity index (χ1) is 14.6. The zero-order chi connectivity index (χ0) is 20.7. The van der Waals surface area contributed by atoms with Gasteiger partial charge in [-0.15, -0.1) is 0 Å². The molecule has 1 atom stereocenters. The fraction of sp³-hybridized carbons (Fsp3) is 0.304. The molecule has 0 spiro atoms. The van der Waals surface area contributed by atoms with Crippen LogP contribution in [0, 0.1) is 0 Å². The molecule has 3 heterocycles. The molecule has 2 aliphatic heterocycles. The van der Waals surface area contributed by atoms with Gasteiger partial charge in [-0.2, -0.15) is 0 Å². The van der Waals surface area contributed by atoms with Gasteiger partial charge in [0.15, 0.2) is 11.5 Å². The number of hydrogen-bond acceptors (Lipinski definition) is 4. The van der Waals surface area contributed by atoms with Crippen molar-refractivity contribution in [1.82, 2.24) is 14.4 Å². The molecule has 7 nitrogen and oxygen atoms in total. The summed E-state index contributed by atoms with van der Waals surface area (Å²) < 4.78 is 13.5. The van der Waals surface area contributed by atoms with Crippen molar-refractivity contribution >= 4 is 22.7 Å². The van der Waals surface area contributed by atoms with Crippen LogP contribution in [-0.2, 0) is 11.8 Å². The number of carbonyl (C=O) groups is 2. The van der Waals surface area contributed by atoms with Crippen molar-refractivity contribution in [3.05, 3.63) is 60.3 Å². The summed E-state index contributed by atoms with van der Waals surface area (Å²) in [5, 5.41) is 0.954. The highest BCUT2D eigenvalue weighted by Gasteiger charge is 2.33. The lowest BCUT2D eigenvalue weighted by Crippen LogP contribution is -2.55. The number of fused-ring (bicyclic) bond motifs is 2. The van der Waals surface area contributed by atoms with Gasteiger partial charge in [0, 0.05) is 50.3 Å². The SMILES string of the molecule is Cn1cc(C(=O)N2CCN(C(=O)[C@@H]3COc4ccccc4O3)CC2)c2ccccc21. The Morgan fingerprint density at radius 2 is 1.57 bits per heavy atom. The van der Waals surface area contributed by atoms with Crippen molar-refractivity contribution < 1.29 is 19.1 Å². The van der Waals surface area contributed by atoms with Crippen LogP contribution in [0.1, 0.15) is 10.4 Å². The monoisotopic (exact) mass is 405 g/mol. The summed E-state index contributed by atoms with van der Waals surface area (Å²) in [4.78, 5) is 29.6. The second kappa shape index (κ2) is 7.40. The summed E-state index contributed by atoms with van der Waals surface area (Å²) in [7, 11) is 1.94. The lowest BCUT2D eigenvalue weighted by molar-refractivity contribution is -0.142. The Bertz CT molecular complexity index is 1110. The molecule has 5 rings (SSSR count). The smallest absolute Gasteiger partial charge is 0.267 e. The number of rotatable bonds is 2. The minimum absolute atomic E-state index is 0.00470. The second-order valence-corrected chi connectivity index (χ2v) is 7.65. The first kappa shape index (κ1) is 18.5. The topological polar surface area (TPSA) is 64.0 Å². The number of hydrogen-bond donors (Lipinski definition) is 0. The third-order valence-corrected chi connectivity index (χ3v) is 5.79. The number of ether oxygens (including phenoxy) is 2. The molecule has 7 heteroatoms. The van der Waals surface area contributed by atoms with E-state index in [-0.39, 0.29) is 18.4 Å². The summed E-state index contributed by atoms with van der Waals surface area (Å²) in [6.45, 7) is 2.16. The molecule has 30 heavy (non-hydrogen) atoms. The Hall–Kier alpha value is -3.48. The molecule has 2 amide bonds. The Morgan fingerprint density at radius 1 is 0.900 bits per heavy atom. The van der Waals surface area contributed by atoms with Gasteiger partial charge in [0.2, 0.25) is 6.10 Å². The van der Waals surface area contributed by atoms with Gasteiger partial charge in [0.05, 0.1) is 5.56 Å². The maximum absolute atomic E-state index is 13.1. The number of aryl methyl sites for hydroxylation is 1. The number of para-hydroxylation sites is 3. The van der Waals surface area contributed by atoms with Crippen molar-refractivity contribution in [3.8, 4) is 11.5 Å². The van der Waals surface area contributed by atoms with E-state index in [0.29, 0.717) is 43.2 Å². The van der Waals surface area contributed by atoms with Gasteiger partial charge in [0.1, 0.15) is 6.61 Å². The fourth-order valence-corrected chi connectivity index (χ4v) is 4.16. The quantitative estimate of drug-likeness (QED) is 0.656. The van der Waals surface area contributed by atoms with Crippen LogP contribution in [-0.4, -0.2) is 65.1 Å². The number of amides is 2. The highest BCUT2D eigenvalue weighted by Crippen LogP contribution is 2.31. The van der Waals surface area contributed by atoms with Crippen LogP contribution < -0.4 is 9.47 Å². The van der Waals surface area contributed by atoms with Gasteiger partial charge < -0.3 is 23.8 Å². The Morgan fingerprint density at radius 3 is 2.37 bits per heavy atom. The van der Waals surface area contributed by atoms with Gasteiger partial charge in [0.25, 0.3) is 11.8 Å². The van der Waals surface area contributed by atoms with Gasteiger partial charge >= 0.3 is 0 Å². The van der Waals surface area contributed by atoms with Crippen molar-refractivity contribution in [1.29, 1.82) is 0 Å². The molecule has 1 saturated heterocycles. The molecule has 0 saturated carbocycles. The van der Waals surface area contributed by atoms with E-state index in [1.165, 1.54) is 0 Å². The molecule has 0 unspecified atom stereocenters. The molecule has 0 aliphatic carbocycles. The fourth-order valence-electron chi connectivity index (χ4n) is 4.16. The molecule has 0 bridgehead atoms. The van der Waals surface area contributed by atoms with E-state index in [1.54, 1.807) is 11.0 Å². The predicted molar refractivity (Wildman–Crippen MR) is 112 cm³/mol. The van der Waals surface area contributed by atoms with E-state index in [0.717, 1.165) is 10.9 Å². The number of piperazine rings is 1. The summed E-state index contributed by atoms with van der Waals surface area (Å²) >= 11 is 0. The summed E-state index contributed by atoms with van der Waals surface area (Å²) in [6, 6.07) is 15.2. The third-order valence-electron chi connectivity index (χ3n) is 5.79. The Balaban J connectivity index is 1.24. The maximum atomic E-state index is 13.1. The molecule has 2 aromatic carbocycles. The molecule has 2 aliphatic rings. The molecule has 1 aromatic heterocycles. The van der Waals surface area contributed by atoms with E-state index in [1.807, 2.05) is 65.2 Å². The van der Waals surface area contributed by atoms with Crippen LogP contribution in [0.2, 0.25) is 0 Å². The molecular formula is C23H23N3O4. The van der Waals surface area contributed by atoms with Crippen LogP contribution in [0.25, 0.3) is 10.9 Å². The first-order valence-electron chi connectivity index (χ1n) is 10.1. The molecular weight excluding hydrogens is 382 g/mol. The maximum Gasteiger partial charge on any atom is 0.267 e. The average molecular weight is 405 g/mol. The van der Waals surface area contributed by atoms with Gasteiger partial charge in [-0.25, -0.2) is 0 Å². The van der Waals surface area contributed by atoms with Crippen LogP contribution in [0.3, 0.4) is 0 Å². The van der Waals surface area contributed by atoms with Crippen LogP contribution in [0.5, 0.6) is 11.5 Å². The van der Waals surface area contributed by atoms with E-state index >= 15 is 0 Å². The predicted octanol–water partition coefficient (Wildman–Crippen LogP) is 2.30. The molecule has 1 fully saturated rings. The normalized spacial score (nSPS) is 18.5. The Kier molecular flexibility index (Phi) is 4.58. The zero-order valence-electron chi connectivity index (χ0n) is 16.8. The number of carbonyl (C=O) groups excluding carboxylic acids is 2. The highest BCUT2D eigenvalue weighted by atomic mass is 16.6. The number of nitrogens with zero attached hydrogens (tertiary/aromatic N) is 3. The average Bonchev–Trinajstić information content (AvgIpc) is 3.14. The molecule has 3 aromatic rings.